The number of hydrogen-bond donors (Lipinski definition) is 1. The first-order chi connectivity index (χ1) is 8.01. The zero-order valence-electron chi connectivity index (χ0n) is 10.5. The Balaban J connectivity index is 2.10. The Labute approximate surface area is 103 Å². The fraction of sp³-hybridized carbons (Fsp3) is 0.500. The molecular weight excluding hydrogens is 212 g/mol. The van der Waals surface area contributed by atoms with Crippen LogP contribution in [0.4, 0.5) is 0 Å². The van der Waals surface area contributed by atoms with Crippen LogP contribution < -0.4 is 5.73 Å². The van der Waals surface area contributed by atoms with Gasteiger partial charge in [-0.15, -0.1) is 0 Å². The third-order valence-corrected chi connectivity index (χ3v) is 3.39. The summed E-state index contributed by atoms with van der Waals surface area (Å²) in [6, 6.07) is 9.56. The summed E-state index contributed by atoms with van der Waals surface area (Å²) >= 11 is 0. The monoisotopic (exact) mass is 232 g/mol. The van der Waals surface area contributed by atoms with Gasteiger partial charge in [0.15, 0.2) is 0 Å². The SMILES string of the molecule is CN(CC1CC1)C(=O)C(C)(N)c1ccccc1. The van der Waals surface area contributed by atoms with Crippen LogP contribution in [0.25, 0.3) is 0 Å². The van der Waals surface area contributed by atoms with Gasteiger partial charge in [0.2, 0.25) is 5.91 Å². The van der Waals surface area contributed by atoms with E-state index < -0.39 is 5.54 Å². The summed E-state index contributed by atoms with van der Waals surface area (Å²) in [5.41, 5.74) is 6.13. The maximum absolute atomic E-state index is 12.3. The van der Waals surface area contributed by atoms with Gasteiger partial charge in [0, 0.05) is 13.6 Å². The summed E-state index contributed by atoms with van der Waals surface area (Å²) in [5.74, 6) is 0.686. The van der Waals surface area contributed by atoms with Crippen LogP contribution in [-0.2, 0) is 10.3 Å². The van der Waals surface area contributed by atoms with Gasteiger partial charge in [-0.2, -0.15) is 0 Å². The van der Waals surface area contributed by atoms with Gasteiger partial charge in [0.25, 0.3) is 0 Å². The Morgan fingerprint density at radius 1 is 1.41 bits per heavy atom. The maximum atomic E-state index is 12.3. The number of likely N-dealkylation sites (N-methyl/N-ethyl adjacent to an activating group) is 1. The van der Waals surface area contributed by atoms with E-state index in [2.05, 4.69) is 0 Å². The zero-order valence-corrected chi connectivity index (χ0v) is 10.5. The molecule has 92 valence electrons. The van der Waals surface area contributed by atoms with E-state index in [1.54, 1.807) is 11.8 Å². The van der Waals surface area contributed by atoms with Gasteiger partial charge in [-0.1, -0.05) is 30.3 Å². The molecule has 1 amide bonds. The first-order valence-corrected chi connectivity index (χ1v) is 6.12. The van der Waals surface area contributed by atoms with Gasteiger partial charge < -0.3 is 10.6 Å². The van der Waals surface area contributed by atoms with Gasteiger partial charge in [-0.25, -0.2) is 0 Å². The third kappa shape index (κ3) is 2.67. The summed E-state index contributed by atoms with van der Waals surface area (Å²) in [6.07, 6.45) is 2.48. The standard InChI is InChI=1S/C14H20N2O/c1-14(15,12-6-4-3-5-7-12)13(17)16(2)10-11-8-9-11/h3-7,11H,8-10,15H2,1-2H3. The number of nitrogens with two attached hydrogens (primary N) is 1. The Morgan fingerprint density at radius 3 is 2.53 bits per heavy atom. The van der Waals surface area contributed by atoms with E-state index in [-0.39, 0.29) is 5.91 Å². The number of carbonyl (C=O) groups excluding carboxylic acids is 1. The minimum atomic E-state index is -0.926. The van der Waals surface area contributed by atoms with E-state index in [0.717, 1.165) is 12.1 Å². The Morgan fingerprint density at radius 2 is 2.00 bits per heavy atom. The summed E-state index contributed by atoms with van der Waals surface area (Å²) in [6.45, 7) is 2.62. The predicted molar refractivity (Wildman–Crippen MR) is 68.3 cm³/mol. The van der Waals surface area contributed by atoms with E-state index in [0.29, 0.717) is 5.92 Å². The molecule has 1 aromatic rings. The normalized spacial score (nSPS) is 18.5. The number of carbonyl (C=O) groups is 1. The van der Waals surface area contributed by atoms with Crippen LogP contribution in [-0.4, -0.2) is 24.4 Å². The average molecular weight is 232 g/mol. The number of benzene rings is 1. The number of rotatable bonds is 4. The maximum Gasteiger partial charge on any atom is 0.246 e. The molecule has 0 aliphatic heterocycles. The lowest BCUT2D eigenvalue weighted by Gasteiger charge is -2.29. The van der Waals surface area contributed by atoms with Crippen molar-refractivity contribution in [2.75, 3.05) is 13.6 Å². The van der Waals surface area contributed by atoms with Crippen molar-refractivity contribution in [3.63, 3.8) is 0 Å². The highest BCUT2D eigenvalue weighted by Crippen LogP contribution is 2.30. The lowest BCUT2D eigenvalue weighted by atomic mass is 9.91. The molecule has 1 aliphatic carbocycles. The van der Waals surface area contributed by atoms with Crippen LogP contribution in [0, 0.1) is 5.92 Å². The van der Waals surface area contributed by atoms with Crippen molar-refractivity contribution < 1.29 is 4.79 Å². The highest BCUT2D eigenvalue weighted by atomic mass is 16.2. The molecule has 0 spiro atoms. The second-order valence-corrected chi connectivity index (χ2v) is 5.20. The number of hydrogen-bond acceptors (Lipinski definition) is 2. The van der Waals surface area contributed by atoms with E-state index in [4.69, 9.17) is 5.73 Å². The van der Waals surface area contributed by atoms with Crippen molar-refractivity contribution in [3.8, 4) is 0 Å². The molecule has 2 N–H and O–H groups in total. The quantitative estimate of drug-likeness (QED) is 0.859. The van der Waals surface area contributed by atoms with Crippen molar-refractivity contribution in [2.24, 2.45) is 11.7 Å². The van der Waals surface area contributed by atoms with Gasteiger partial charge in [0.05, 0.1) is 0 Å². The minimum absolute atomic E-state index is 0.00407. The van der Waals surface area contributed by atoms with Crippen molar-refractivity contribution >= 4 is 5.91 Å². The Kier molecular flexibility index (Phi) is 3.20. The van der Waals surface area contributed by atoms with Gasteiger partial charge in [-0.05, 0) is 31.2 Å². The van der Waals surface area contributed by atoms with Crippen molar-refractivity contribution in [2.45, 2.75) is 25.3 Å². The molecule has 1 saturated carbocycles. The summed E-state index contributed by atoms with van der Waals surface area (Å²) < 4.78 is 0. The van der Waals surface area contributed by atoms with Crippen LogP contribution in [0.5, 0.6) is 0 Å². The molecule has 0 heterocycles. The molecular formula is C14H20N2O. The van der Waals surface area contributed by atoms with E-state index >= 15 is 0 Å². The molecule has 1 atom stereocenters. The lowest BCUT2D eigenvalue weighted by Crippen LogP contribution is -2.50. The largest absolute Gasteiger partial charge is 0.344 e. The van der Waals surface area contributed by atoms with Crippen LogP contribution in [0.3, 0.4) is 0 Å². The predicted octanol–water partition coefficient (Wildman–Crippen LogP) is 1.73. The molecule has 0 aromatic heterocycles. The van der Waals surface area contributed by atoms with E-state index in [1.165, 1.54) is 12.8 Å². The summed E-state index contributed by atoms with van der Waals surface area (Å²) in [5, 5.41) is 0. The first-order valence-electron chi connectivity index (χ1n) is 6.12. The minimum Gasteiger partial charge on any atom is -0.344 e. The molecule has 1 fully saturated rings. The molecule has 17 heavy (non-hydrogen) atoms. The van der Waals surface area contributed by atoms with Crippen LogP contribution in [0.1, 0.15) is 25.3 Å². The number of nitrogens with zero attached hydrogens (tertiary/aromatic N) is 1. The Hall–Kier alpha value is -1.35. The molecule has 0 bridgehead atoms. The zero-order chi connectivity index (χ0) is 12.5. The second-order valence-electron chi connectivity index (χ2n) is 5.20. The second kappa shape index (κ2) is 4.49. The fourth-order valence-corrected chi connectivity index (χ4v) is 2.07. The molecule has 3 heteroatoms. The lowest BCUT2D eigenvalue weighted by molar-refractivity contribution is -0.135. The first kappa shape index (κ1) is 12.1. The molecule has 0 radical (unpaired) electrons. The van der Waals surface area contributed by atoms with Crippen LogP contribution in [0.15, 0.2) is 30.3 Å². The van der Waals surface area contributed by atoms with E-state index in [1.807, 2.05) is 37.4 Å². The van der Waals surface area contributed by atoms with Crippen molar-refractivity contribution in [1.29, 1.82) is 0 Å². The highest BCUT2D eigenvalue weighted by Gasteiger charge is 2.35. The Bertz CT molecular complexity index is 396. The molecule has 1 aliphatic rings. The van der Waals surface area contributed by atoms with Crippen LogP contribution in [0.2, 0.25) is 0 Å². The summed E-state index contributed by atoms with van der Waals surface area (Å²) in [7, 11) is 1.84. The van der Waals surface area contributed by atoms with Crippen molar-refractivity contribution in [3.05, 3.63) is 35.9 Å². The third-order valence-electron chi connectivity index (χ3n) is 3.39. The molecule has 2 rings (SSSR count). The summed E-state index contributed by atoms with van der Waals surface area (Å²) in [4.78, 5) is 14.1. The highest BCUT2D eigenvalue weighted by molar-refractivity contribution is 5.86. The smallest absolute Gasteiger partial charge is 0.246 e. The average Bonchev–Trinajstić information content (AvgIpc) is 3.13. The topological polar surface area (TPSA) is 46.3 Å². The van der Waals surface area contributed by atoms with Gasteiger partial charge in [-0.3, -0.25) is 4.79 Å². The molecule has 1 unspecified atom stereocenters. The van der Waals surface area contributed by atoms with Crippen molar-refractivity contribution in [1.82, 2.24) is 4.90 Å². The van der Waals surface area contributed by atoms with E-state index in [9.17, 15) is 4.79 Å². The van der Waals surface area contributed by atoms with Gasteiger partial charge in [0.1, 0.15) is 5.54 Å². The molecule has 0 saturated heterocycles. The molecule has 3 nitrogen and oxygen atoms in total. The number of amides is 1. The fourth-order valence-electron chi connectivity index (χ4n) is 2.07. The molecule has 1 aromatic carbocycles. The van der Waals surface area contributed by atoms with Crippen LogP contribution >= 0.6 is 0 Å². The van der Waals surface area contributed by atoms with Gasteiger partial charge >= 0.3 is 0 Å².